The minimum Gasteiger partial charge on any atom is -0.503 e. The Balaban J connectivity index is 3.37. The number of nitriles is 1. The number of unbranched alkanes of at least 4 members (excludes halogenated alkanes) is 1. The van der Waals surface area contributed by atoms with Gasteiger partial charge in [-0.25, -0.2) is 4.79 Å². The van der Waals surface area contributed by atoms with Gasteiger partial charge in [0, 0.05) is 17.5 Å². The van der Waals surface area contributed by atoms with E-state index in [1.54, 1.807) is 25.3 Å². The van der Waals surface area contributed by atoms with Gasteiger partial charge in [0.1, 0.15) is 11.3 Å². The number of benzene rings is 1. The number of nitrogens with zero attached hydrogens (tertiary/aromatic N) is 1. The van der Waals surface area contributed by atoms with Gasteiger partial charge in [-0.15, -0.1) is 5.26 Å². The predicted molar refractivity (Wildman–Crippen MR) is 81.5 cm³/mol. The highest BCUT2D eigenvalue weighted by Crippen LogP contribution is 2.24. The summed E-state index contributed by atoms with van der Waals surface area (Å²) in [6, 6.07) is 5.10. The summed E-state index contributed by atoms with van der Waals surface area (Å²) in [5.41, 5.74) is 1.24. The van der Waals surface area contributed by atoms with E-state index in [2.05, 4.69) is 16.6 Å². The topological polar surface area (TPSA) is 68.6 Å². The van der Waals surface area contributed by atoms with E-state index in [0.717, 1.165) is 12.8 Å². The lowest BCUT2D eigenvalue weighted by Gasteiger charge is -2.09. The molecule has 5 heteroatoms. The van der Waals surface area contributed by atoms with Crippen LogP contribution in [0.15, 0.2) is 24.5 Å². The molecule has 0 fully saturated rings. The minimum absolute atomic E-state index is 0.118. The number of methoxy groups -OCH3 is 2. The Morgan fingerprint density at radius 3 is 2.73 bits per heavy atom. The van der Waals surface area contributed by atoms with Gasteiger partial charge in [-0.1, -0.05) is 18.8 Å². The zero-order valence-electron chi connectivity index (χ0n) is 12.8. The molecule has 1 aromatic carbocycles. The van der Waals surface area contributed by atoms with E-state index >= 15 is 0 Å². The van der Waals surface area contributed by atoms with E-state index in [-0.39, 0.29) is 5.57 Å². The molecular formula is C17H17NO4. The second-order valence-electron chi connectivity index (χ2n) is 4.21. The molecule has 0 saturated carbocycles. The first-order chi connectivity index (χ1) is 10.7. The third kappa shape index (κ3) is 4.57. The Morgan fingerprint density at radius 1 is 1.36 bits per heavy atom. The summed E-state index contributed by atoms with van der Waals surface area (Å²) < 4.78 is 14.5. The number of esters is 1. The summed E-state index contributed by atoms with van der Waals surface area (Å²) in [4.78, 5) is 11.9. The molecular weight excluding hydrogens is 282 g/mol. The van der Waals surface area contributed by atoms with Crippen molar-refractivity contribution in [3.05, 3.63) is 35.6 Å². The van der Waals surface area contributed by atoms with Gasteiger partial charge in [0.25, 0.3) is 6.26 Å². The van der Waals surface area contributed by atoms with Gasteiger partial charge in [-0.3, -0.25) is 0 Å². The predicted octanol–water partition coefficient (Wildman–Crippen LogP) is 2.86. The lowest BCUT2D eigenvalue weighted by Crippen LogP contribution is -2.06. The van der Waals surface area contributed by atoms with Crippen LogP contribution >= 0.6 is 0 Å². The molecule has 0 amide bonds. The van der Waals surface area contributed by atoms with Crippen molar-refractivity contribution in [2.75, 3.05) is 14.2 Å². The zero-order chi connectivity index (χ0) is 16.4. The Hall–Kier alpha value is -2.92. The second kappa shape index (κ2) is 9.10. The molecule has 0 saturated heterocycles. The van der Waals surface area contributed by atoms with Crippen LogP contribution in [0.1, 0.15) is 30.9 Å². The summed E-state index contributed by atoms with van der Waals surface area (Å²) in [5.74, 6) is 5.85. The molecule has 1 rings (SSSR count). The van der Waals surface area contributed by atoms with Crippen LogP contribution in [0, 0.1) is 23.4 Å². The Bertz CT molecular complexity index is 659. The van der Waals surface area contributed by atoms with Crippen LogP contribution in [0.5, 0.6) is 5.75 Å². The maximum Gasteiger partial charge on any atom is 0.357 e. The molecule has 0 bridgehead atoms. The fourth-order valence-electron chi connectivity index (χ4n) is 1.71. The normalized spacial score (nSPS) is 10.0. The van der Waals surface area contributed by atoms with Crippen LogP contribution in [-0.4, -0.2) is 20.2 Å². The van der Waals surface area contributed by atoms with E-state index in [4.69, 9.17) is 14.7 Å². The van der Waals surface area contributed by atoms with E-state index in [1.807, 2.05) is 6.92 Å². The lowest BCUT2D eigenvalue weighted by atomic mass is 10.00. The number of hydrogen-bond donors (Lipinski definition) is 0. The quantitative estimate of drug-likeness (QED) is 0.275. The van der Waals surface area contributed by atoms with E-state index < -0.39 is 5.97 Å². The maximum atomic E-state index is 11.9. The molecule has 0 aliphatic rings. The number of hydrogen-bond acceptors (Lipinski definition) is 5. The van der Waals surface area contributed by atoms with Crippen LogP contribution < -0.4 is 4.74 Å². The molecule has 0 unspecified atom stereocenters. The summed E-state index contributed by atoms with van der Waals surface area (Å²) in [7, 11) is 2.96. The van der Waals surface area contributed by atoms with Crippen LogP contribution in [-0.2, 0) is 14.3 Å². The van der Waals surface area contributed by atoms with Crippen molar-refractivity contribution in [2.45, 2.75) is 19.8 Å². The number of rotatable bonds is 5. The molecule has 114 valence electrons. The first kappa shape index (κ1) is 17.1. The van der Waals surface area contributed by atoms with Gasteiger partial charge in [0.15, 0.2) is 0 Å². The molecule has 0 N–H and O–H groups in total. The third-order valence-electron chi connectivity index (χ3n) is 2.71. The summed E-state index contributed by atoms with van der Waals surface area (Å²) in [6.45, 7) is 2.03. The fourth-order valence-corrected chi connectivity index (χ4v) is 1.71. The zero-order valence-corrected chi connectivity index (χ0v) is 12.8. The van der Waals surface area contributed by atoms with Crippen LogP contribution in [0.2, 0.25) is 0 Å². The highest BCUT2D eigenvalue weighted by Gasteiger charge is 2.18. The summed E-state index contributed by atoms with van der Waals surface area (Å²) in [6.07, 6.45) is 4.27. The van der Waals surface area contributed by atoms with Gasteiger partial charge in [0.2, 0.25) is 0 Å². The van der Waals surface area contributed by atoms with Crippen molar-refractivity contribution in [3.63, 3.8) is 0 Å². The Labute approximate surface area is 130 Å². The first-order valence-electron chi connectivity index (χ1n) is 6.68. The van der Waals surface area contributed by atoms with Gasteiger partial charge < -0.3 is 14.2 Å². The fraction of sp³-hybridized carbons (Fsp3) is 0.294. The smallest absolute Gasteiger partial charge is 0.357 e. The molecule has 0 aliphatic heterocycles. The van der Waals surface area contributed by atoms with Crippen molar-refractivity contribution in [3.8, 4) is 23.8 Å². The van der Waals surface area contributed by atoms with Crippen molar-refractivity contribution in [1.29, 1.82) is 5.26 Å². The lowest BCUT2D eigenvalue weighted by molar-refractivity contribution is -0.130. The SMILES string of the molecule is CCCC#Cc1cc(OC)ccc1/C(=C\OC)C(=O)OC#N. The highest BCUT2D eigenvalue weighted by molar-refractivity contribution is 6.17. The molecule has 0 spiro atoms. The molecule has 0 atom stereocenters. The number of carbonyl (C=O) groups excluding carboxylic acids is 1. The van der Waals surface area contributed by atoms with Crippen molar-refractivity contribution in [1.82, 2.24) is 0 Å². The number of carbonyl (C=O) groups is 1. The summed E-state index contributed by atoms with van der Waals surface area (Å²) >= 11 is 0. The first-order valence-corrected chi connectivity index (χ1v) is 6.68. The molecule has 0 radical (unpaired) electrons. The molecule has 22 heavy (non-hydrogen) atoms. The average Bonchev–Trinajstić information content (AvgIpc) is 2.53. The van der Waals surface area contributed by atoms with Crippen LogP contribution in [0.4, 0.5) is 0 Å². The van der Waals surface area contributed by atoms with Gasteiger partial charge in [-0.2, -0.15) is 0 Å². The van der Waals surface area contributed by atoms with Gasteiger partial charge in [0.05, 0.1) is 20.5 Å². The van der Waals surface area contributed by atoms with Gasteiger partial charge >= 0.3 is 5.97 Å². The van der Waals surface area contributed by atoms with E-state index in [9.17, 15) is 4.79 Å². The highest BCUT2D eigenvalue weighted by atomic mass is 16.5. The minimum atomic E-state index is -0.798. The van der Waals surface area contributed by atoms with Crippen LogP contribution in [0.3, 0.4) is 0 Å². The Morgan fingerprint density at radius 2 is 2.14 bits per heavy atom. The van der Waals surface area contributed by atoms with Gasteiger partial charge in [-0.05, 0) is 24.6 Å². The standard InChI is InChI=1S/C17H17NO4/c1-4-5-6-7-13-10-14(21-3)8-9-15(13)16(11-20-2)17(19)22-12-18/h8-11H,4-5H2,1-3H3/b16-11+. The monoisotopic (exact) mass is 299 g/mol. The third-order valence-corrected chi connectivity index (χ3v) is 2.71. The van der Waals surface area contributed by atoms with Crippen molar-refractivity contribution < 1.29 is 19.0 Å². The second-order valence-corrected chi connectivity index (χ2v) is 4.21. The molecule has 0 aromatic heterocycles. The molecule has 1 aromatic rings. The van der Waals surface area contributed by atoms with E-state index in [0.29, 0.717) is 16.9 Å². The Kier molecular flexibility index (Phi) is 7.08. The molecule has 0 heterocycles. The largest absolute Gasteiger partial charge is 0.503 e. The van der Waals surface area contributed by atoms with E-state index in [1.165, 1.54) is 19.6 Å². The molecule has 5 nitrogen and oxygen atoms in total. The van der Waals surface area contributed by atoms with Crippen molar-refractivity contribution >= 4 is 11.5 Å². The van der Waals surface area contributed by atoms with Crippen molar-refractivity contribution in [2.24, 2.45) is 0 Å². The average molecular weight is 299 g/mol. The van der Waals surface area contributed by atoms with Crippen LogP contribution in [0.25, 0.3) is 5.57 Å². The number of ether oxygens (including phenoxy) is 3. The summed E-state index contributed by atoms with van der Waals surface area (Å²) in [5, 5.41) is 8.52. The molecule has 0 aliphatic carbocycles. The maximum absolute atomic E-state index is 11.9.